The molecule has 146 valence electrons. The zero-order valence-electron chi connectivity index (χ0n) is 16.3. The van der Waals surface area contributed by atoms with Crippen molar-refractivity contribution in [2.75, 3.05) is 32.9 Å². The molecule has 1 aliphatic heterocycles. The first-order valence-corrected chi connectivity index (χ1v) is 9.76. The molecule has 1 aromatic heterocycles. The Balaban J connectivity index is 1.95. The number of hydrogen-bond donors (Lipinski definition) is 0. The molecular formula is C22H25N3O3. The van der Waals surface area contributed by atoms with Gasteiger partial charge in [0.2, 0.25) is 0 Å². The van der Waals surface area contributed by atoms with Crippen LogP contribution in [0.1, 0.15) is 25.7 Å². The maximum absolute atomic E-state index is 13.5. The van der Waals surface area contributed by atoms with E-state index in [1.54, 1.807) is 4.57 Å². The summed E-state index contributed by atoms with van der Waals surface area (Å²) in [6.45, 7) is 7.58. The maximum atomic E-state index is 13.5. The largest absolute Gasteiger partial charge is 0.492 e. The van der Waals surface area contributed by atoms with Gasteiger partial charge in [0.25, 0.3) is 5.56 Å². The third-order valence-electron chi connectivity index (χ3n) is 5.17. The van der Waals surface area contributed by atoms with E-state index in [4.69, 9.17) is 14.5 Å². The number of rotatable bonds is 5. The highest BCUT2D eigenvalue weighted by atomic mass is 16.5. The molecule has 0 spiro atoms. The topological polar surface area (TPSA) is 56.6 Å². The number of morpholine rings is 1. The van der Waals surface area contributed by atoms with Crippen molar-refractivity contribution in [3.63, 3.8) is 0 Å². The van der Waals surface area contributed by atoms with E-state index in [0.29, 0.717) is 36.5 Å². The van der Waals surface area contributed by atoms with Crippen molar-refractivity contribution in [2.24, 2.45) is 0 Å². The molecule has 6 nitrogen and oxygen atoms in total. The van der Waals surface area contributed by atoms with Crippen LogP contribution >= 0.6 is 0 Å². The quantitative estimate of drug-likeness (QED) is 0.682. The lowest BCUT2D eigenvalue weighted by Gasteiger charge is -2.33. The monoisotopic (exact) mass is 379 g/mol. The summed E-state index contributed by atoms with van der Waals surface area (Å²) in [5.41, 5.74) is 1.36. The number of para-hydroxylation sites is 3. The van der Waals surface area contributed by atoms with Gasteiger partial charge in [0.05, 0.1) is 42.5 Å². The predicted octanol–water partition coefficient (Wildman–Crippen LogP) is 3.18. The zero-order valence-corrected chi connectivity index (χ0v) is 16.3. The molecule has 0 aliphatic carbocycles. The summed E-state index contributed by atoms with van der Waals surface area (Å²) in [7, 11) is 0. The Morgan fingerprint density at radius 2 is 1.82 bits per heavy atom. The molecule has 2 heterocycles. The number of hydrogen-bond acceptors (Lipinski definition) is 5. The molecule has 0 amide bonds. The summed E-state index contributed by atoms with van der Waals surface area (Å²) in [5.74, 6) is 1.40. The Bertz CT molecular complexity index is 1020. The van der Waals surface area contributed by atoms with Crippen LogP contribution in [0.4, 0.5) is 0 Å². The smallest absolute Gasteiger partial charge is 0.266 e. The molecule has 0 N–H and O–H groups in total. The normalized spacial score (nSPS) is 16.2. The van der Waals surface area contributed by atoms with Crippen LogP contribution in [0.2, 0.25) is 0 Å². The first-order chi connectivity index (χ1) is 13.7. The second-order valence-corrected chi connectivity index (χ2v) is 6.85. The van der Waals surface area contributed by atoms with Gasteiger partial charge in [-0.05, 0) is 38.1 Å². The second kappa shape index (κ2) is 8.12. The van der Waals surface area contributed by atoms with Gasteiger partial charge < -0.3 is 9.47 Å². The van der Waals surface area contributed by atoms with Crippen molar-refractivity contribution in [3.05, 3.63) is 64.7 Å². The van der Waals surface area contributed by atoms with Gasteiger partial charge in [0.1, 0.15) is 11.6 Å². The summed E-state index contributed by atoms with van der Waals surface area (Å²) < 4.78 is 13.0. The van der Waals surface area contributed by atoms with E-state index in [1.807, 2.05) is 55.5 Å². The van der Waals surface area contributed by atoms with E-state index in [1.165, 1.54) is 0 Å². The first-order valence-electron chi connectivity index (χ1n) is 9.76. The Morgan fingerprint density at radius 1 is 1.11 bits per heavy atom. The molecule has 6 heteroatoms. The summed E-state index contributed by atoms with van der Waals surface area (Å²) in [4.78, 5) is 20.7. The maximum Gasteiger partial charge on any atom is 0.266 e. The number of fused-ring (bicyclic) bond motifs is 1. The van der Waals surface area contributed by atoms with E-state index in [2.05, 4.69) is 11.8 Å². The fourth-order valence-corrected chi connectivity index (χ4v) is 3.71. The number of ether oxygens (including phenoxy) is 2. The molecule has 4 rings (SSSR count). The van der Waals surface area contributed by atoms with E-state index >= 15 is 0 Å². The second-order valence-electron chi connectivity index (χ2n) is 6.85. The first kappa shape index (κ1) is 18.7. The molecule has 0 radical (unpaired) electrons. The third-order valence-corrected chi connectivity index (χ3v) is 5.17. The Kier molecular flexibility index (Phi) is 5.41. The van der Waals surface area contributed by atoms with E-state index < -0.39 is 0 Å². The van der Waals surface area contributed by atoms with Crippen LogP contribution in [-0.2, 0) is 4.74 Å². The highest BCUT2D eigenvalue weighted by Crippen LogP contribution is 2.28. The van der Waals surface area contributed by atoms with Gasteiger partial charge in [-0.1, -0.05) is 24.3 Å². The molecule has 1 aliphatic rings. The highest BCUT2D eigenvalue weighted by molar-refractivity contribution is 5.78. The van der Waals surface area contributed by atoms with Crippen LogP contribution in [0, 0.1) is 0 Å². The fourth-order valence-electron chi connectivity index (χ4n) is 3.71. The van der Waals surface area contributed by atoms with Crippen LogP contribution < -0.4 is 10.3 Å². The van der Waals surface area contributed by atoms with Gasteiger partial charge in [-0.15, -0.1) is 0 Å². The molecule has 1 saturated heterocycles. The van der Waals surface area contributed by atoms with E-state index in [-0.39, 0.29) is 11.6 Å². The third kappa shape index (κ3) is 3.41. The SMILES string of the molecule is CCOc1ccccc1-n1c(C(C)N2CCOCC2)nc2ccccc2c1=O. The molecule has 0 bridgehead atoms. The molecule has 3 aromatic rings. The molecule has 1 fully saturated rings. The minimum Gasteiger partial charge on any atom is -0.492 e. The Labute approximate surface area is 164 Å². The minimum atomic E-state index is -0.0761. The fraction of sp³-hybridized carbons (Fsp3) is 0.364. The van der Waals surface area contributed by atoms with Crippen molar-refractivity contribution in [3.8, 4) is 11.4 Å². The van der Waals surface area contributed by atoms with Crippen LogP contribution in [0.15, 0.2) is 53.3 Å². The predicted molar refractivity (Wildman–Crippen MR) is 109 cm³/mol. The lowest BCUT2D eigenvalue weighted by molar-refractivity contribution is 0.0177. The van der Waals surface area contributed by atoms with Gasteiger partial charge in [-0.3, -0.25) is 14.3 Å². The standard InChI is InChI=1S/C22H25N3O3/c1-3-28-20-11-7-6-10-19(20)25-21(16(2)24-12-14-27-15-13-24)23-18-9-5-4-8-17(18)22(25)26/h4-11,16H,3,12-15H2,1-2H3. The summed E-state index contributed by atoms with van der Waals surface area (Å²) in [6.07, 6.45) is 0. The van der Waals surface area contributed by atoms with E-state index in [0.717, 1.165) is 24.6 Å². The zero-order chi connectivity index (χ0) is 19.5. The average molecular weight is 379 g/mol. The summed E-state index contributed by atoms with van der Waals surface area (Å²) >= 11 is 0. The van der Waals surface area contributed by atoms with Gasteiger partial charge >= 0.3 is 0 Å². The minimum absolute atomic E-state index is 0.0316. The Hall–Kier alpha value is -2.70. The summed E-state index contributed by atoms with van der Waals surface area (Å²) in [5, 5.41) is 0.603. The lowest BCUT2D eigenvalue weighted by atomic mass is 10.1. The van der Waals surface area contributed by atoms with E-state index in [9.17, 15) is 4.79 Å². The van der Waals surface area contributed by atoms with Crippen LogP contribution in [0.25, 0.3) is 16.6 Å². The molecule has 28 heavy (non-hydrogen) atoms. The molecular weight excluding hydrogens is 354 g/mol. The molecule has 1 atom stereocenters. The summed E-state index contributed by atoms with van der Waals surface area (Å²) in [6, 6.07) is 15.1. The number of aromatic nitrogens is 2. The van der Waals surface area contributed by atoms with Crippen molar-refractivity contribution >= 4 is 10.9 Å². The van der Waals surface area contributed by atoms with Crippen molar-refractivity contribution < 1.29 is 9.47 Å². The average Bonchev–Trinajstić information content (AvgIpc) is 2.75. The van der Waals surface area contributed by atoms with Crippen LogP contribution in [0.5, 0.6) is 5.75 Å². The van der Waals surface area contributed by atoms with Crippen molar-refractivity contribution in [1.82, 2.24) is 14.5 Å². The Morgan fingerprint density at radius 3 is 2.61 bits per heavy atom. The number of nitrogens with zero attached hydrogens (tertiary/aromatic N) is 3. The molecule has 0 saturated carbocycles. The van der Waals surface area contributed by atoms with Gasteiger partial charge in [0, 0.05) is 13.1 Å². The highest BCUT2D eigenvalue weighted by Gasteiger charge is 2.25. The van der Waals surface area contributed by atoms with Crippen LogP contribution in [-0.4, -0.2) is 47.4 Å². The number of benzene rings is 2. The van der Waals surface area contributed by atoms with Crippen molar-refractivity contribution in [2.45, 2.75) is 19.9 Å². The van der Waals surface area contributed by atoms with Gasteiger partial charge in [0.15, 0.2) is 0 Å². The van der Waals surface area contributed by atoms with Gasteiger partial charge in [-0.25, -0.2) is 4.98 Å². The van der Waals surface area contributed by atoms with Crippen LogP contribution in [0.3, 0.4) is 0 Å². The lowest BCUT2D eigenvalue weighted by Crippen LogP contribution is -2.40. The van der Waals surface area contributed by atoms with Gasteiger partial charge in [-0.2, -0.15) is 0 Å². The molecule has 1 unspecified atom stereocenters. The molecule has 2 aromatic carbocycles. The van der Waals surface area contributed by atoms with Crippen molar-refractivity contribution in [1.29, 1.82) is 0 Å².